The molecular weight excluding hydrogens is 414 g/mol. The number of carbonyl (C=O) groups is 2. The number of anilines is 1. The number of hydrogen-bond acceptors (Lipinski definition) is 4. The van der Waals surface area contributed by atoms with Gasteiger partial charge in [-0.2, -0.15) is 5.10 Å². The van der Waals surface area contributed by atoms with Crippen molar-refractivity contribution in [1.82, 2.24) is 5.32 Å². The summed E-state index contributed by atoms with van der Waals surface area (Å²) in [5.41, 5.74) is 3.05. The van der Waals surface area contributed by atoms with E-state index in [1.54, 1.807) is 0 Å². The second-order valence-electron chi connectivity index (χ2n) is 9.01. The summed E-state index contributed by atoms with van der Waals surface area (Å²) in [6.45, 7) is 0.480. The quantitative estimate of drug-likeness (QED) is 0.520. The van der Waals surface area contributed by atoms with Gasteiger partial charge in [-0.3, -0.25) is 14.6 Å². The van der Waals surface area contributed by atoms with E-state index in [9.17, 15) is 9.59 Å². The molecule has 6 nitrogen and oxygen atoms in total. The number of para-hydroxylation sites is 1. The van der Waals surface area contributed by atoms with Crippen molar-refractivity contribution in [3.05, 3.63) is 66.2 Å². The molecule has 33 heavy (non-hydrogen) atoms. The van der Waals surface area contributed by atoms with Crippen molar-refractivity contribution in [1.29, 1.82) is 0 Å². The van der Waals surface area contributed by atoms with Gasteiger partial charge in [0.1, 0.15) is 5.92 Å². The summed E-state index contributed by atoms with van der Waals surface area (Å²) in [6.07, 6.45) is 7.08. The molecule has 2 aromatic carbocycles. The van der Waals surface area contributed by atoms with Crippen LogP contribution in [0.25, 0.3) is 0 Å². The van der Waals surface area contributed by atoms with E-state index >= 15 is 0 Å². The van der Waals surface area contributed by atoms with Gasteiger partial charge in [0.25, 0.3) is 0 Å². The highest BCUT2D eigenvalue weighted by molar-refractivity contribution is 6.08. The third-order valence-electron chi connectivity index (χ3n) is 6.71. The Morgan fingerprint density at radius 1 is 0.939 bits per heavy atom. The van der Waals surface area contributed by atoms with Crippen LogP contribution in [0.4, 0.5) is 5.69 Å². The van der Waals surface area contributed by atoms with Crippen LogP contribution in [-0.4, -0.2) is 29.2 Å². The number of carboxylic acids is 1. The van der Waals surface area contributed by atoms with Gasteiger partial charge in [0.2, 0.25) is 5.91 Å². The van der Waals surface area contributed by atoms with Crippen LogP contribution in [-0.2, 0) is 9.59 Å². The number of carbonyl (C=O) groups excluding carboxylic acids is 1. The lowest BCUT2D eigenvalue weighted by atomic mass is 9.77. The highest BCUT2D eigenvalue weighted by Crippen LogP contribution is 2.43. The average Bonchev–Trinajstić information content (AvgIpc) is 3.26. The smallest absolute Gasteiger partial charge is 0.303 e. The first-order valence-corrected chi connectivity index (χ1v) is 12.1. The summed E-state index contributed by atoms with van der Waals surface area (Å²) >= 11 is 0. The third-order valence-corrected chi connectivity index (χ3v) is 6.71. The van der Waals surface area contributed by atoms with Gasteiger partial charge in [-0.05, 0) is 49.3 Å². The van der Waals surface area contributed by atoms with Crippen LogP contribution < -0.4 is 10.3 Å². The lowest BCUT2D eigenvalue weighted by Crippen LogP contribution is -2.41. The normalized spacial score (nSPS) is 21.0. The van der Waals surface area contributed by atoms with Gasteiger partial charge >= 0.3 is 5.97 Å². The maximum Gasteiger partial charge on any atom is 0.303 e. The van der Waals surface area contributed by atoms with E-state index in [0.29, 0.717) is 25.3 Å². The molecule has 1 fully saturated rings. The van der Waals surface area contributed by atoms with Crippen LogP contribution in [0.3, 0.4) is 0 Å². The standard InChI is InChI=1S/C27H33N3O3/c31-23(32)18-10-11-19-28-27(33)24-25(20-12-4-1-5-13-20)29-30(22-16-8-3-9-17-22)26(24)21-14-6-2-7-15-21/h2-3,6-9,14-17,20,24,26H,1,4-5,10-13,18-19H2,(H,28,33)(H,31,32)/t24-,26?/m0/s1. The van der Waals surface area contributed by atoms with Crippen molar-refractivity contribution in [2.24, 2.45) is 16.9 Å². The fourth-order valence-corrected chi connectivity index (χ4v) is 5.07. The van der Waals surface area contributed by atoms with Crippen molar-refractivity contribution in [3.63, 3.8) is 0 Å². The van der Waals surface area contributed by atoms with Gasteiger partial charge in [-0.15, -0.1) is 0 Å². The van der Waals surface area contributed by atoms with Crippen molar-refractivity contribution in [3.8, 4) is 0 Å². The molecule has 2 aliphatic rings. The number of hydrogen-bond donors (Lipinski definition) is 2. The molecule has 1 saturated carbocycles. The van der Waals surface area contributed by atoms with E-state index < -0.39 is 5.97 Å². The molecule has 0 saturated heterocycles. The minimum Gasteiger partial charge on any atom is -0.481 e. The Morgan fingerprint density at radius 2 is 1.61 bits per heavy atom. The van der Waals surface area contributed by atoms with E-state index in [0.717, 1.165) is 29.8 Å². The molecule has 0 spiro atoms. The predicted octanol–water partition coefficient (Wildman–Crippen LogP) is 5.17. The molecule has 1 amide bonds. The largest absolute Gasteiger partial charge is 0.481 e. The zero-order chi connectivity index (χ0) is 23.0. The molecule has 1 heterocycles. The van der Waals surface area contributed by atoms with Gasteiger partial charge in [0, 0.05) is 13.0 Å². The molecule has 4 rings (SSSR count). The van der Waals surface area contributed by atoms with Gasteiger partial charge in [-0.25, -0.2) is 0 Å². The summed E-state index contributed by atoms with van der Waals surface area (Å²) in [7, 11) is 0. The molecule has 174 valence electrons. The van der Waals surface area contributed by atoms with E-state index in [1.165, 1.54) is 19.3 Å². The molecule has 2 N–H and O–H groups in total. The molecule has 0 aromatic heterocycles. The van der Waals surface area contributed by atoms with Gasteiger partial charge in [-0.1, -0.05) is 67.8 Å². The number of nitrogens with one attached hydrogen (secondary N) is 1. The number of hydrazone groups is 1. The first-order chi connectivity index (χ1) is 16.1. The molecule has 0 bridgehead atoms. The number of carboxylic acid groups (broad SMARTS) is 1. The summed E-state index contributed by atoms with van der Waals surface area (Å²) in [5, 5.41) is 19.1. The van der Waals surface area contributed by atoms with E-state index in [2.05, 4.69) is 17.4 Å². The first-order valence-electron chi connectivity index (χ1n) is 12.1. The molecule has 6 heteroatoms. The summed E-state index contributed by atoms with van der Waals surface area (Å²) < 4.78 is 0. The number of rotatable bonds is 9. The first kappa shape index (κ1) is 23.0. The minimum absolute atomic E-state index is 0.0121. The Hall–Kier alpha value is -3.15. The minimum atomic E-state index is -0.800. The number of aliphatic carboxylic acids is 1. The molecule has 1 aliphatic carbocycles. The molecule has 1 aliphatic heterocycles. The maximum atomic E-state index is 13.6. The summed E-state index contributed by atoms with van der Waals surface area (Å²) in [5.74, 6) is -0.856. The van der Waals surface area contributed by atoms with Crippen molar-refractivity contribution < 1.29 is 14.7 Å². The monoisotopic (exact) mass is 447 g/mol. The summed E-state index contributed by atoms with van der Waals surface area (Å²) in [4.78, 5) is 24.4. The highest BCUT2D eigenvalue weighted by Gasteiger charge is 2.45. The lowest BCUT2D eigenvalue weighted by molar-refractivity contribution is -0.137. The second-order valence-corrected chi connectivity index (χ2v) is 9.01. The van der Waals surface area contributed by atoms with E-state index in [-0.39, 0.29) is 24.3 Å². The molecule has 0 radical (unpaired) electrons. The van der Waals surface area contributed by atoms with Crippen LogP contribution in [0.5, 0.6) is 0 Å². The molecular formula is C27H33N3O3. The van der Waals surface area contributed by atoms with Gasteiger partial charge < -0.3 is 10.4 Å². The number of nitrogens with zero attached hydrogens (tertiary/aromatic N) is 2. The Balaban J connectivity index is 1.63. The van der Waals surface area contributed by atoms with Crippen molar-refractivity contribution >= 4 is 23.3 Å². The Labute approximate surface area is 195 Å². The molecule has 1 unspecified atom stereocenters. The van der Waals surface area contributed by atoms with Crippen LogP contribution in [0, 0.1) is 11.8 Å². The maximum absolute atomic E-state index is 13.6. The van der Waals surface area contributed by atoms with E-state index in [4.69, 9.17) is 10.2 Å². The Morgan fingerprint density at radius 3 is 2.27 bits per heavy atom. The third kappa shape index (κ3) is 5.62. The fourth-order valence-electron chi connectivity index (χ4n) is 5.07. The number of benzene rings is 2. The highest BCUT2D eigenvalue weighted by atomic mass is 16.4. The summed E-state index contributed by atoms with van der Waals surface area (Å²) in [6, 6.07) is 20.1. The van der Waals surface area contributed by atoms with Crippen LogP contribution in [0.2, 0.25) is 0 Å². The molecule has 2 atom stereocenters. The number of amides is 1. The fraction of sp³-hybridized carbons (Fsp3) is 0.444. The van der Waals surface area contributed by atoms with Crippen molar-refractivity contribution in [2.45, 2.75) is 57.4 Å². The second kappa shape index (κ2) is 11.1. The van der Waals surface area contributed by atoms with Crippen LogP contribution in [0.1, 0.15) is 63.0 Å². The zero-order valence-corrected chi connectivity index (χ0v) is 19.0. The topological polar surface area (TPSA) is 82.0 Å². The average molecular weight is 448 g/mol. The predicted molar refractivity (Wildman–Crippen MR) is 130 cm³/mol. The van der Waals surface area contributed by atoms with Gasteiger partial charge in [0.05, 0.1) is 17.4 Å². The van der Waals surface area contributed by atoms with E-state index in [1.807, 2.05) is 53.5 Å². The lowest BCUT2D eigenvalue weighted by Gasteiger charge is -2.29. The van der Waals surface area contributed by atoms with Gasteiger partial charge in [0.15, 0.2) is 0 Å². The zero-order valence-electron chi connectivity index (χ0n) is 19.0. The SMILES string of the molecule is O=C(O)CCCCNC(=O)[C@H]1C(C2CCCCC2)=NN(c2ccccc2)C1c1ccccc1. The Kier molecular flexibility index (Phi) is 7.76. The molecule has 2 aromatic rings. The van der Waals surface area contributed by atoms with Crippen LogP contribution >= 0.6 is 0 Å². The van der Waals surface area contributed by atoms with Crippen LogP contribution in [0.15, 0.2) is 65.8 Å². The Bertz CT molecular complexity index is 955. The number of unbranched alkanes of at least 4 members (excludes halogenated alkanes) is 1. The van der Waals surface area contributed by atoms with Crippen molar-refractivity contribution in [2.75, 3.05) is 11.6 Å².